The van der Waals surface area contributed by atoms with E-state index >= 15 is 0 Å². The number of hydrogen-bond acceptors (Lipinski definition) is 8. The van der Waals surface area contributed by atoms with Crippen LogP contribution >= 0.6 is 0 Å². The van der Waals surface area contributed by atoms with Crippen LogP contribution in [0.15, 0.2) is 4.99 Å². The van der Waals surface area contributed by atoms with Crippen molar-refractivity contribution in [2.75, 3.05) is 13.1 Å². The van der Waals surface area contributed by atoms with E-state index in [4.69, 9.17) is 28.0 Å². The number of nitrogens with one attached hydrogen (secondary N) is 4. The maximum Gasteiger partial charge on any atom is 0.325 e. The lowest BCUT2D eigenvalue weighted by Gasteiger charge is -2.25. The van der Waals surface area contributed by atoms with Gasteiger partial charge in [-0.25, -0.2) is 0 Å². The van der Waals surface area contributed by atoms with Crippen LogP contribution in [0.3, 0.4) is 0 Å². The van der Waals surface area contributed by atoms with Crippen molar-refractivity contribution in [3.63, 3.8) is 0 Å². The van der Waals surface area contributed by atoms with Gasteiger partial charge in [0.05, 0.1) is 6.04 Å². The van der Waals surface area contributed by atoms with Crippen LogP contribution in [0.2, 0.25) is 0 Å². The largest absolute Gasteiger partial charge is 0.480 e. The van der Waals surface area contributed by atoms with Gasteiger partial charge in [0, 0.05) is 6.54 Å². The second-order valence-corrected chi connectivity index (χ2v) is 9.89. The van der Waals surface area contributed by atoms with Crippen LogP contribution in [0.5, 0.6) is 0 Å². The number of carboxylic acid groups (broad SMARTS) is 1. The normalized spacial score (nSPS) is 14.7. The maximum absolute atomic E-state index is 13.0. The summed E-state index contributed by atoms with van der Waals surface area (Å²) in [7, 11) is 0. The zero-order chi connectivity index (χ0) is 30.1. The van der Waals surface area contributed by atoms with E-state index in [-0.39, 0.29) is 31.3 Å². The van der Waals surface area contributed by atoms with Gasteiger partial charge in [-0.1, -0.05) is 13.8 Å². The van der Waals surface area contributed by atoms with Crippen molar-refractivity contribution >= 4 is 35.6 Å². The number of carbonyl (C=O) groups is 5. The van der Waals surface area contributed by atoms with Crippen LogP contribution < -0.4 is 44.2 Å². The molecule has 4 amide bonds. The number of guanidine groups is 1. The second kappa shape index (κ2) is 18.7. The summed E-state index contributed by atoms with van der Waals surface area (Å²) >= 11 is 0. The van der Waals surface area contributed by atoms with Crippen molar-refractivity contribution in [3.8, 4) is 0 Å². The van der Waals surface area contributed by atoms with Gasteiger partial charge >= 0.3 is 5.97 Å². The Morgan fingerprint density at radius 1 is 0.744 bits per heavy atom. The van der Waals surface area contributed by atoms with Crippen LogP contribution in [0.1, 0.15) is 66.2 Å². The highest BCUT2D eigenvalue weighted by Crippen LogP contribution is 2.06. The van der Waals surface area contributed by atoms with E-state index in [2.05, 4.69) is 26.3 Å². The van der Waals surface area contributed by atoms with Crippen molar-refractivity contribution in [1.29, 1.82) is 0 Å². The number of carbonyl (C=O) groups excluding carboxylic acids is 4. The summed E-state index contributed by atoms with van der Waals surface area (Å²) in [6.07, 6.45) is 2.29. The number of rotatable bonds is 19. The quantitative estimate of drug-likeness (QED) is 0.0461. The molecule has 0 aromatic carbocycles. The van der Waals surface area contributed by atoms with Gasteiger partial charge in [-0.2, -0.15) is 0 Å². The monoisotopic (exact) mass is 557 g/mol. The molecule has 0 saturated carbocycles. The summed E-state index contributed by atoms with van der Waals surface area (Å²) in [6.45, 7) is 7.17. The predicted molar refractivity (Wildman–Crippen MR) is 147 cm³/mol. The summed E-state index contributed by atoms with van der Waals surface area (Å²) in [4.78, 5) is 66.0. The molecule has 15 heteroatoms. The fraction of sp³-hybridized carbons (Fsp3) is 0.750. The van der Waals surface area contributed by atoms with Crippen LogP contribution in [-0.4, -0.2) is 84.0 Å². The maximum atomic E-state index is 13.0. The highest BCUT2D eigenvalue weighted by molar-refractivity contribution is 5.95. The first-order valence-corrected chi connectivity index (χ1v) is 13.1. The first-order valence-electron chi connectivity index (χ1n) is 13.1. The van der Waals surface area contributed by atoms with Gasteiger partial charge in [-0.05, 0) is 64.8 Å². The minimum Gasteiger partial charge on any atom is -0.480 e. The number of aliphatic carboxylic acids is 1. The van der Waals surface area contributed by atoms with E-state index in [1.165, 1.54) is 13.8 Å². The topological polar surface area (TPSA) is 270 Å². The molecule has 0 unspecified atom stereocenters. The molecule has 0 aromatic heterocycles. The lowest BCUT2D eigenvalue weighted by molar-refractivity contribution is -0.141. The van der Waals surface area contributed by atoms with Gasteiger partial charge in [0.1, 0.15) is 24.2 Å². The first-order chi connectivity index (χ1) is 18.2. The highest BCUT2D eigenvalue weighted by atomic mass is 16.4. The van der Waals surface area contributed by atoms with Crippen molar-refractivity contribution in [3.05, 3.63) is 0 Å². The number of carboxylic acids is 1. The van der Waals surface area contributed by atoms with Crippen molar-refractivity contribution < 1.29 is 29.1 Å². The molecule has 224 valence electrons. The Morgan fingerprint density at radius 3 is 1.74 bits per heavy atom. The molecule has 0 aliphatic carbocycles. The average Bonchev–Trinajstić information content (AvgIpc) is 2.84. The summed E-state index contributed by atoms with van der Waals surface area (Å²) in [5, 5.41) is 19.1. The van der Waals surface area contributed by atoms with Gasteiger partial charge in [0.15, 0.2) is 5.96 Å². The summed E-state index contributed by atoms with van der Waals surface area (Å²) in [5.41, 5.74) is 22.1. The summed E-state index contributed by atoms with van der Waals surface area (Å²) in [5.74, 6) is -3.64. The molecule has 5 atom stereocenters. The number of aliphatic imine (C=N–C) groups is 1. The number of hydrogen-bond donors (Lipinski definition) is 9. The standard InChI is InChI=1S/C24H47N9O6/c1-13(2)12-16(26)20(35)33-18(9-7-11-29-24(27)28)21(36)30-14(3)19(34)32-17(8-5-6-10-25)22(37)31-15(4)23(38)39/h13-18H,5-12,25-26H2,1-4H3,(H,30,36)(H,31,37)(H,32,34)(H,33,35)(H,38,39)(H4,27,28,29)/t14-,15+,16-,17-,18+/m0/s1. The molecule has 13 N–H and O–H groups in total. The Hall–Kier alpha value is -3.46. The van der Waals surface area contributed by atoms with Crippen molar-refractivity contribution in [1.82, 2.24) is 21.3 Å². The van der Waals surface area contributed by atoms with Crippen molar-refractivity contribution in [2.24, 2.45) is 33.8 Å². The molecule has 39 heavy (non-hydrogen) atoms. The van der Waals surface area contributed by atoms with E-state index in [0.717, 1.165) is 0 Å². The van der Waals surface area contributed by atoms with E-state index in [1.54, 1.807) is 0 Å². The highest BCUT2D eigenvalue weighted by Gasteiger charge is 2.29. The molecule has 15 nitrogen and oxygen atoms in total. The average molecular weight is 558 g/mol. The molecule has 0 radical (unpaired) electrons. The summed E-state index contributed by atoms with van der Waals surface area (Å²) in [6, 6.07) is -5.11. The third kappa shape index (κ3) is 15.5. The van der Waals surface area contributed by atoms with E-state index in [0.29, 0.717) is 32.2 Å². The third-order valence-corrected chi connectivity index (χ3v) is 5.70. The zero-order valence-corrected chi connectivity index (χ0v) is 23.4. The Bertz CT molecular complexity index is 848. The van der Waals surface area contributed by atoms with Gasteiger partial charge < -0.3 is 49.3 Å². The van der Waals surface area contributed by atoms with Crippen LogP contribution in [0.4, 0.5) is 0 Å². The van der Waals surface area contributed by atoms with E-state index in [1.807, 2.05) is 13.8 Å². The van der Waals surface area contributed by atoms with Gasteiger partial charge in [0.2, 0.25) is 23.6 Å². The second-order valence-electron chi connectivity index (χ2n) is 9.89. The van der Waals surface area contributed by atoms with E-state index < -0.39 is 59.8 Å². The molecule has 0 aliphatic heterocycles. The molecular weight excluding hydrogens is 510 g/mol. The Kier molecular flexibility index (Phi) is 17.1. The Balaban J connectivity index is 5.41. The van der Waals surface area contributed by atoms with Crippen LogP contribution in [0, 0.1) is 5.92 Å². The van der Waals surface area contributed by atoms with Crippen molar-refractivity contribution in [2.45, 2.75) is 96.4 Å². The fourth-order valence-corrected chi connectivity index (χ4v) is 3.48. The Labute approximate surface area is 229 Å². The zero-order valence-electron chi connectivity index (χ0n) is 23.4. The van der Waals surface area contributed by atoms with Gasteiger partial charge in [-0.3, -0.25) is 29.0 Å². The molecule has 0 aromatic rings. The SMILES string of the molecule is CC(C)C[C@H](N)C(=O)N[C@H](CCCN=C(N)N)C(=O)N[C@@H](C)C(=O)N[C@@H](CCCCN)C(=O)N[C@H](C)C(=O)O. The molecule has 0 rings (SSSR count). The number of amides is 4. The predicted octanol–water partition coefficient (Wildman–Crippen LogP) is -2.39. The van der Waals surface area contributed by atoms with Crippen LogP contribution in [-0.2, 0) is 24.0 Å². The molecule has 0 heterocycles. The minimum atomic E-state index is -1.22. The fourth-order valence-electron chi connectivity index (χ4n) is 3.48. The number of unbranched alkanes of at least 4 members (excludes halogenated alkanes) is 1. The molecule has 0 saturated heterocycles. The third-order valence-electron chi connectivity index (χ3n) is 5.70. The number of nitrogens with two attached hydrogens (primary N) is 4. The molecular formula is C24H47N9O6. The molecule has 0 spiro atoms. The van der Waals surface area contributed by atoms with Crippen LogP contribution in [0.25, 0.3) is 0 Å². The minimum absolute atomic E-state index is 0.105. The first kappa shape index (κ1) is 35.5. The summed E-state index contributed by atoms with van der Waals surface area (Å²) < 4.78 is 0. The van der Waals surface area contributed by atoms with Gasteiger partial charge in [0.25, 0.3) is 0 Å². The molecule has 0 fully saturated rings. The lowest BCUT2D eigenvalue weighted by atomic mass is 10.0. The number of nitrogens with zero attached hydrogens (tertiary/aromatic N) is 1. The Morgan fingerprint density at radius 2 is 1.26 bits per heavy atom. The van der Waals surface area contributed by atoms with Gasteiger partial charge in [-0.15, -0.1) is 0 Å². The molecule has 0 bridgehead atoms. The smallest absolute Gasteiger partial charge is 0.325 e. The lowest BCUT2D eigenvalue weighted by Crippen LogP contribution is -2.57. The van der Waals surface area contributed by atoms with E-state index in [9.17, 15) is 24.0 Å². The molecule has 0 aliphatic rings.